The van der Waals surface area contributed by atoms with Crippen LogP contribution in [0.3, 0.4) is 0 Å². The topological polar surface area (TPSA) is 46.5 Å². The summed E-state index contributed by atoms with van der Waals surface area (Å²) in [5.74, 6) is 0. The summed E-state index contributed by atoms with van der Waals surface area (Å²) in [6.07, 6.45) is 0. The summed E-state index contributed by atoms with van der Waals surface area (Å²) >= 11 is 3.69. The van der Waals surface area contributed by atoms with E-state index in [0.29, 0.717) is 0 Å². The Morgan fingerprint density at radius 3 is 2.00 bits per heavy atom. The molecular formula is C3H10O3S2. The number of thiol groups is 1. The van der Waals surface area contributed by atoms with Crippen molar-refractivity contribution in [2.24, 2.45) is 0 Å². The molecule has 0 bridgehead atoms. The molecule has 1 N–H and O–H groups in total. The normalized spacial score (nSPS) is 11.4. The van der Waals surface area contributed by atoms with E-state index < -0.39 is 9.64 Å². The molecule has 0 fully saturated rings. The Bertz CT molecular complexity index is 78.5. The van der Waals surface area contributed by atoms with E-state index in [0.717, 1.165) is 6.61 Å². The van der Waals surface area contributed by atoms with Gasteiger partial charge in [0.15, 0.2) is 0 Å². The van der Waals surface area contributed by atoms with E-state index in [9.17, 15) is 0 Å². The monoisotopic (exact) mass is 158 g/mol. The van der Waals surface area contributed by atoms with Crippen molar-refractivity contribution in [3.63, 3.8) is 0 Å². The lowest BCUT2D eigenvalue weighted by molar-refractivity contribution is 0.215. The van der Waals surface area contributed by atoms with Crippen LogP contribution >= 0.6 is 0 Å². The molecule has 0 heterocycles. The summed E-state index contributed by atoms with van der Waals surface area (Å²) in [5, 5.41) is 0. The standard InChI is InChI=1S/C3H8O.H2O2S2/c1-3-4-2;1-4(2)3/h3H2,1-2H3;4H,(H,1,2,3). The van der Waals surface area contributed by atoms with E-state index in [1.807, 2.05) is 6.92 Å². The lowest BCUT2D eigenvalue weighted by Gasteiger charge is -1.76. The highest BCUT2D eigenvalue weighted by Crippen LogP contribution is 1.52. The van der Waals surface area contributed by atoms with Crippen molar-refractivity contribution in [2.45, 2.75) is 6.92 Å². The van der Waals surface area contributed by atoms with Crippen LogP contribution in [0.1, 0.15) is 6.92 Å². The molecule has 0 amide bonds. The van der Waals surface area contributed by atoms with Crippen molar-refractivity contribution in [3.8, 4) is 0 Å². The Morgan fingerprint density at radius 2 is 2.00 bits per heavy atom. The van der Waals surface area contributed by atoms with Gasteiger partial charge in [-0.25, -0.2) is 4.21 Å². The molecule has 0 aromatic carbocycles. The SMILES string of the molecule is CCOC.O=[SH](O)=S. The molecule has 52 valence electrons. The van der Waals surface area contributed by atoms with Crippen LogP contribution in [0.2, 0.25) is 0 Å². The molecule has 0 aliphatic carbocycles. The molecule has 8 heavy (non-hydrogen) atoms. The van der Waals surface area contributed by atoms with E-state index in [-0.39, 0.29) is 0 Å². The van der Waals surface area contributed by atoms with Gasteiger partial charge in [-0.05, 0) is 6.92 Å². The molecule has 0 rings (SSSR count). The van der Waals surface area contributed by atoms with E-state index in [2.05, 4.69) is 15.9 Å². The van der Waals surface area contributed by atoms with Gasteiger partial charge >= 0.3 is 0 Å². The van der Waals surface area contributed by atoms with Crippen molar-refractivity contribution < 1.29 is 13.5 Å². The minimum Gasteiger partial charge on any atom is -0.385 e. The minimum absolute atomic E-state index is 0.819. The second kappa shape index (κ2) is 10.3. The van der Waals surface area contributed by atoms with Crippen LogP contribution < -0.4 is 0 Å². The van der Waals surface area contributed by atoms with Crippen molar-refractivity contribution in [3.05, 3.63) is 0 Å². The maximum Gasteiger partial charge on any atom is 0.130 e. The second-order valence-electron chi connectivity index (χ2n) is 0.815. The van der Waals surface area contributed by atoms with Gasteiger partial charge in [-0.3, -0.25) is 0 Å². The van der Waals surface area contributed by atoms with Gasteiger partial charge in [-0.15, -0.1) is 0 Å². The van der Waals surface area contributed by atoms with Crippen molar-refractivity contribution in [1.29, 1.82) is 0 Å². The predicted octanol–water partition coefficient (Wildman–Crippen LogP) is 0.0550. The van der Waals surface area contributed by atoms with E-state index in [4.69, 9.17) is 8.76 Å². The van der Waals surface area contributed by atoms with Crippen molar-refractivity contribution >= 4 is 20.8 Å². The fraction of sp³-hybridized carbons (Fsp3) is 1.00. The van der Waals surface area contributed by atoms with Crippen LogP contribution in [0.4, 0.5) is 0 Å². The van der Waals surface area contributed by atoms with Crippen molar-refractivity contribution in [1.82, 2.24) is 0 Å². The van der Waals surface area contributed by atoms with Crippen LogP contribution in [-0.2, 0) is 25.6 Å². The Hall–Kier alpha value is 0.290. The Labute approximate surface area is 55.6 Å². The number of ether oxygens (including phenoxy) is 1. The summed E-state index contributed by atoms with van der Waals surface area (Å²) in [6.45, 7) is 2.78. The number of hydrogen-bond acceptors (Lipinski definition) is 3. The minimum atomic E-state index is -2.29. The molecule has 3 nitrogen and oxygen atoms in total. The number of rotatable bonds is 1. The summed E-state index contributed by atoms with van der Waals surface area (Å²) in [7, 11) is -0.606. The predicted molar refractivity (Wildman–Crippen MR) is 37.1 cm³/mol. The first-order valence-corrected chi connectivity index (χ1v) is 4.19. The second-order valence-corrected chi connectivity index (χ2v) is 2.23. The fourth-order valence-electron chi connectivity index (χ4n) is 0. The smallest absolute Gasteiger partial charge is 0.130 e. The van der Waals surface area contributed by atoms with Gasteiger partial charge in [0.25, 0.3) is 0 Å². The molecular weight excluding hydrogens is 148 g/mol. The average molecular weight is 158 g/mol. The molecule has 0 aromatic rings. The molecule has 0 aliphatic heterocycles. The Morgan fingerprint density at radius 1 is 1.88 bits per heavy atom. The van der Waals surface area contributed by atoms with Crippen molar-refractivity contribution in [2.75, 3.05) is 13.7 Å². The van der Waals surface area contributed by atoms with Gasteiger partial charge in [0.2, 0.25) is 0 Å². The zero-order chi connectivity index (χ0) is 6.99. The first kappa shape index (κ1) is 11.1. The summed E-state index contributed by atoms with van der Waals surface area (Å²) in [6, 6.07) is 0. The summed E-state index contributed by atoms with van der Waals surface area (Å²) < 4.78 is 20.9. The van der Waals surface area contributed by atoms with Gasteiger partial charge in [0, 0.05) is 24.9 Å². The molecule has 0 radical (unpaired) electrons. The van der Waals surface area contributed by atoms with Crippen LogP contribution in [-0.4, -0.2) is 22.5 Å². The maximum atomic E-state index is 8.96. The van der Waals surface area contributed by atoms with Crippen LogP contribution in [0.15, 0.2) is 0 Å². The van der Waals surface area contributed by atoms with E-state index in [1.54, 1.807) is 7.11 Å². The third kappa shape index (κ3) is 106. The molecule has 1 unspecified atom stereocenters. The maximum absolute atomic E-state index is 8.96. The Kier molecular flexibility index (Phi) is 14.3. The molecule has 0 aliphatic rings. The number of hydrogen-bond donors (Lipinski definition) is 2. The van der Waals surface area contributed by atoms with Gasteiger partial charge in [-0.1, -0.05) is 0 Å². The lowest BCUT2D eigenvalue weighted by atomic mass is 10.9. The highest BCUT2D eigenvalue weighted by molar-refractivity contribution is 8.18. The van der Waals surface area contributed by atoms with Crippen LogP contribution in [0.5, 0.6) is 0 Å². The first-order chi connectivity index (χ1) is 3.65. The van der Waals surface area contributed by atoms with Gasteiger partial charge in [0.1, 0.15) is 9.64 Å². The van der Waals surface area contributed by atoms with Crippen LogP contribution in [0.25, 0.3) is 0 Å². The third-order valence-electron chi connectivity index (χ3n) is 0.289. The average Bonchev–Trinajstić information content (AvgIpc) is 1.65. The van der Waals surface area contributed by atoms with E-state index in [1.165, 1.54) is 0 Å². The zero-order valence-electron chi connectivity index (χ0n) is 4.83. The van der Waals surface area contributed by atoms with E-state index >= 15 is 0 Å². The largest absolute Gasteiger partial charge is 0.385 e. The van der Waals surface area contributed by atoms with Gasteiger partial charge < -0.3 is 9.29 Å². The highest BCUT2D eigenvalue weighted by atomic mass is 32.8. The number of methoxy groups -OCH3 is 1. The fourth-order valence-corrected chi connectivity index (χ4v) is 0. The molecule has 0 spiro atoms. The lowest BCUT2D eigenvalue weighted by Crippen LogP contribution is -1.73. The summed E-state index contributed by atoms with van der Waals surface area (Å²) in [4.78, 5) is 0. The molecule has 1 atom stereocenters. The molecule has 0 aromatic heterocycles. The summed E-state index contributed by atoms with van der Waals surface area (Å²) in [5.41, 5.74) is 0. The zero-order valence-corrected chi connectivity index (χ0v) is 6.54. The Balaban J connectivity index is 0. The first-order valence-electron chi connectivity index (χ1n) is 1.97. The quantitative estimate of drug-likeness (QED) is 0.530. The van der Waals surface area contributed by atoms with Gasteiger partial charge in [0.05, 0.1) is 0 Å². The molecule has 0 saturated carbocycles. The van der Waals surface area contributed by atoms with Gasteiger partial charge in [-0.2, -0.15) is 0 Å². The molecule has 5 heteroatoms. The molecule has 0 saturated heterocycles. The third-order valence-corrected chi connectivity index (χ3v) is 0.289. The van der Waals surface area contributed by atoms with Crippen LogP contribution in [0, 0.1) is 0 Å². The highest BCUT2D eigenvalue weighted by Gasteiger charge is 1.51.